The van der Waals surface area contributed by atoms with Crippen molar-refractivity contribution in [3.63, 3.8) is 0 Å². The van der Waals surface area contributed by atoms with Crippen molar-refractivity contribution >= 4 is 32.7 Å². The molecule has 0 radical (unpaired) electrons. The predicted octanol–water partition coefficient (Wildman–Crippen LogP) is 3.36. The molecular formula is C15H14N4OS. The number of urea groups is 1. The van der Waals surface area contributed by atoms with E-state index >= 15 is 0 Å². The van der Waals surface area contributed by atoms with Gasteiger partial charge in [0.1, 0.15) is 0 Å². The normalized spacial score (nSPS) is 10.5. The monoisotopic (exact) mass is 298 g/mol. The van der Waals surface area contributed by atoms with Crippen LogP contribution >= 0.6 is 11.3 Å². The molecular weight excluding hydrogens is 284 g/mol. The number of benzene rings is 1. The van der Waals surface area contributed by atoms with Gasteiger partial charge in [-0.1, -0.05) is 23.5 Å². The van der Waals surface area contributed by atoms with Gasteiger partial charge in [-0.2, -0.15) is 0 Å². The highest BCUT2D eigenvalue weighted by molar-refractivity contribution is 7.22. The summed E-state index contributed by atoms with van der Waals surface area (Å²) in [5.74, 6) is 0. The number of nitrogens with one attached hydrogen (secondary N) is 1. The van der Waals surface area contributed by atoms with Crippen molar-refractivity contribution in [2.45, 2.75) is 6.54 Å². The molecule has 0 fully saturated rings. The van der Waals surface area contributed by atoms with Gasteiger partial charge in [0.05, 0.1) is 10.2 Å². The number of carbonyl (C=O) groups excluding carboxylic acids is 1. The number of hydrogen-bond acceptors (Lipinski definition) is 4. The average Bonchev–Trinajstić information content (AvgIpc) is 2.90. The maximum atomic E-state index is 12.2. The zero-order chi connectivity index (χ0) is 14.7. The quantitative estimate of drug-likeness (QED) is 0.806. The standard InChI is InChI=1S/C15H14N4OS/c1-19(10-11-6-8-16-9-7-11)15(20)18-14-17-12-4-2-3-5-13(12)21-14/h2-9H,10H2,1H3,(H,17,18,20). The molecule has 2 heterocycles. The number of nitrogens with zero attached hydrogens (tertiary/aromatic N) is 3. The fourth-order valence-electron chi connectivity index (χ4n) is 1.95. The Morgan fingerprint density at radius 3 is 2.76 bits per heavy atom. The van der Waals surface area contributed by atoms with Gasteiger partial charge in [0.2, 0.25) is 0 Å². The summed E-state index contributed by atoms with van der Waals surface area (Å²) in [5.41, 5.74) is 1.93. The molecule has 0 bridgehead atoms. The van der Waals surface area contributed by atoms with Crippen molar-refractivity contribution in [3.8, 4) is 0 Å². The van der Waals surface area contributed by atoms with Gasteiger partial charge in [-0.05, 0) is 29.8 Å². The van der Waals surface area contributed by atoms with Crippen molar-refractivity contribution in [3.05, 3.63) is 54.4 Å². The number of rotatable bonds is 3. The molecule has 0 aliphatic heterocycles. The number of amides is 2. The SMILES string of the molecule is CN(Cc1ccncc1)C(=O)Nc1nc2ccccc2s1. The summed E-state index contributed by atoms with van der Waals surface area (Å²) in [7, 11) is 1.75. The lowest BCUT2D eigenvalue weighted by atomic mass is 10.2. The number of para-hydroxylation sites is 1. The van der Waals surface area contributed by atoms with Gasteiger partial charge >= 0.3 is 6.03 Å². The Hall–Kier alpha value is -2.47. The Morgan fingerprint density at radius 2 is 2.00 bits per heavy atom. The lowest BCUT2D eigenvalue weighted by Gasteiger charge is -2.16. The van der Waals surface area contributed by atoms with Gasteiger partial charge in [-0.15, -0.1) is 0 Å². The molecule has 1 aromatic carbocycles. The third-order valence-electron chi connectivity index (χ3n) is 3.02. The van der Waals surface area contributed by atoms with Crippen molar-refractivity contribution < 1.29 is 4.79 Å². The Balaban J connectivity index is 1.68. The summed E-state index contributed by atoms with van der Waals surface area (Å²) in [6.45, 7) is 0.527. The molecule has 0 atom stereocenters. The molecule has 106 valence electrons. The number of hydrogen-bond donors (Lipinski definition) is 1. The van der Waals surface area contributed by atoms with E-state index in [1.165, 1.54) is 11.3 Å². The molecule has 1 N–H and O–H groups in total. The van der Waals surface area contributed by atoms with Gasteiger partial charge in [0.25, 0.3) is 0 Å². The van der Waals surface area contributed by atoms with Crippen molar-refractivity contribution in [2.24, 2.45) is 0 Å². The van der Waals surface area contributed by atoms with Crippen LogP contribution in [0, 0.1) is 0 Å². The minimum Gasteiger partial charge on any atom is -0.323 e. The molecule has 0 unspecified atom stereocenters. The first-order valence-corrected chi connectivity index (χ1v) is 7.30. The number of carbonyl (C=O) groups is 1. The minimum atomic E-state index is -0.175. The topological polar surface area (TPSA) is 58.1 Å². The molecule has 0 aliphatic carbocycles. The van der Waals surface area contributed by atoms with Gasteiger partial charge in [0, 0.05) is 26.0 Å². The molecule has 0 aliphatic rings. The fraction of sp³-hybridized carbons (Fsp3) is 0.133. The van der Waals surface area contributed by atoms with Crippen LogP contribution in [0.3, 0.4) is 0 Å². The first kappa shape index (κ1) is 13.5. The summed E-state index contributed by atoms with van der Waals surface area (Å²) >= 11 is 1.47. The zero-order valence-corrected chi connectivity index (χ0v) is 12.3. The van der Waals surface area contributed by atoms with Crippen LogP contribution in [-0.4, -0.2) is 27.9 Å². The highest BCUT2D eigenvalue weighted by Gasteiger charge is 2.12. The first-order valence-electron chi connectivity index (χ1n) is 6.49. The van der Waals surface area contributed by atoms with E-state index in [1.807, 2.05) is 36.4 Å². The van der Waals surface area contributed by atoms with Crippen LogP contribution in [0.15, 0.2) is 48.8 Å². The largest absolute Gasteiger partial charge is 0.323 e. The van der Waals surface area contributed by atoms with Crippen LogP contribution in [0.2, 0.25) is 0 Å². The maximum absolute atomic E-state index is 12.2. The molecule has 2 aromatic heterocycles. The minimum absolute atomic E-state index is 0.175. The second-order valence-electron chi connectivity index (χ2n) is 4.63. The zero-order valence-electron chi connectivity index (χ0n) is 11.5. The van der Waals surface area contributed by atoms with Gasteiger partial charge < -0.3 is 4.90 Å². The smallest absolute Gasteiger partial charge is 0.323 e. The van der Waals surface area contributed by atoms with Gasteiger partial charge in [-0.3, -0.25) is 10.3 Å². The molecule has 21 heavy (non-hydrogen) atoms. The summed E-state index contributed by atoms with van der Waals surface area (Å²) in [6.07, 6.45) is 3.43. The van der Waals surface area contributed by atoms with E-state index in [4.69, 9.17) is 0 Å². The van der Waals surface area contributed by atoms with E-state index in [1.54, 1.807) is 24.3 Å². The van der Waals surface area contributed by atoms with Crippen LogP contribution in [-0.2, 0) is 6.54 Å². The van der Waals surface area contributed by atoms with Crippen molar-refractivity contribution in [1.29, 1.82) is 0 Å². The van der Waals surface area contributed by atoms with Crippen LogP contribution in [0.1, 0.15) is 5.56 Å². The highest BCUT2D eigenvalue weighted by Crippen LogP contribution is 2.25. The third-order valence-corrected chi connectivity index (χ3v) is 3.98. The van der Waals surface area contributed by atoms with E-state index in [9.17, 15) is 4.79 Å². The van der Waals surface area contributed by atoms with Crippen LogP contribution in [0.4, 0.5) is 9.93 Å². The Labute approximate surface area is 126 Å². The Kier molecular flexibility index (Phi) is 3.79. The van der Waals surface area contributed by atoms with E-state index in [-0.39, 0.29) is 6.03 Å². The molecule has 2 amide bonds. The second kappa shape index (κ2) is 5.88. The summed E-state index contributed by atoms with van der Waals surface area (Å²) in [6, 6.07) is 11.4. The van der Waals surface area contributed by atoms with Gasteiger partial charge in [0.15, 0.2) is 5.13 Å². The van der Waals surface area contributed by atoms with E-state index in [0.717, 1.165) is 15.8 Å². The molecule has 0 spiro atoms. The number of aromatic nitrogens is 2. The van der Waals surface area contributed by atoms with E-state index in [0.29, 0.717) is 11.7 Å². The number of thiazole rings is 1. The number of pyridine rings is 1. The van der Waals surface area contributed by atoms with Gasteiger partial charge in [-0.25, -0.2) is 9.78 Å². The molecule has 5 nitrogen and oxygen atoms in total. The Bertz CT molecular complexity index is 723. The van der Waals surface area contributed by atoms with Crippen LogP contribution in [0.25, 0.3) is 10.2 Å². The average molecular weight is 298 g/mol. The number of anilines is 1. The third kappa shape index (κ3) is 3.17. The van der Waals surface area contributed by atoms with E-state index < -0.39 is 0 Å². The molecule has 0 saturated heterocycles. The second-order valence-corrected chi connectivity index (χ2v) is 5.66. The molecule has 3 rings (SSSR count). The van der Waals surface area contributed by atoms with Crippen LogP contribution in [0.5, 0.6) is 0 Å². The van der Waals surface area contributed by atoms with Crippen molar-refractivity contribution in [2.75, 3.05) is 12.4 Å². The lowest BCUT2D eigenvalue weighted by molar-refractivity contribution is 0.220. The maximum Gasteiger partial charge on any atom is 0.323 e. The lowest BCUT2D eigenvalue weighted by Crippen LogP contribution is -2.30. The Morgan fingerprint density at radius 1 is 1.24 bits per heavy atom. The summed E-state index contributed by atoms with van der Waals surface area (Å²) in [5, 5.41) is 3.44. The fourth-order valence-corrected chi connectivity index (χ4v) is 2.80. The summed E-state index contributed by atoms with van der Waals surface area (Å²) in [4.78, 5) is 22.1. The summed E-state index contributed by atoms with van der Waals surface area (Å²) < 4.78 is 1.06. The molecule has 6 heteroatoms. The first-order chi connectivity index (χ1) is 10.2. The van der Waals surface area contributed by atoms with Crippen LogP contribution < -0.4 is 5.32 Å². The van der Waals surface area contributed by atoms with E-state index in [2.05, 4.69) is 15.3 Å². The molecule has 0 saturated carbocycles. The molecule has 3 aromatic rings. The predicted molar refractivity (Wildman–Crippen MR) is 84.3 cm³/mol. The van der Waals surface area contributed by atoms with Crippen molar-refractivity contribution in [1.82, 2.24) is 14.9 Å². The number of fused-ring (bicyclic) bond motifs is 1. The highest BCUT2D eigenvalue weighted by atomic mass is 32.1.